The van der Waals surface area contributed by atoms with Crippen LogP contribution in [-0.4, -0.2) is 24.6 Å². The lowest BCUT2D eigenvalue weighted by atomic mass is 10.0. The highest BCUT2D eigenvalue weighted by Gasteiger charge is 2.26. The lowest BCUT2D eigenvalue weighted by Crippen LogP contribution is -2.50. The summed E-state index contributed by atoms with van der Waals surface area (Å²) in [6, 6.07) is 4.09. The molecule has 0 spiro atoms. The lowest BCUT2D eigenvalue weighted by molar-refractivity contribution is 0.417. The van der Waals surface area contributed by atoms with Gasteiger partial charge in [0.25, 0.3) is 0 Å². The third-order valence-corrected chi connectivity index (χ3v) is 3.46. The van der Waals surface area contributed by atoms with Crippen molar-refractivity contribution in [1.82, 2.24) is 4.98 Å². The Bertz CT molecular complexity index is 334. The van der Waals surface area contributed by atoms with E-state index in [-0.39, 0.29) is 0 Å². The summed E-state index contributed by atoms with van der Waals surface area (Å²) in [5, 5.41) is 0. The van der Waals surface area contributed by atoms with Crippen LogP contribution in [0.15, 0.2) is 16.6 Å². The number of rotatable bonds is 2. The zero-order valence-corrected chi connectivity index (χ0v) is 9.79. The van der Waals surface area contributed by atoms with Crippen LogP contribution in [0.2, 0.25) is 0 Å². The summed E-state index contributed by atoms with van der Waals surface area (Å²) in [5.74, 6) is 1.72. The molecule has 3 nitrogen and oxygen atoms in total. The number of halogens is 1. The number of anilines is 1. The summed E-state index contributed by atoms with van der Waals surface area (Å²) in [5.41, 5.74) is 6.61. The predicted octanol–water partition coefficient (Wildman–Crippen LogP) is 1.55. The van der Waals surface area contributed by atoms with Crippen molar-refractivity contribution < 1.29 is 0 Å². The van der Waals surface area contributed by atoms with E-state index in [0.717, 1.165) is 35.6 Å². The number of nitrogens with zero attached hydrogens (tertiary/aromatic N) is 2. The van der Waals surface area contributed by atoms with Gasteiger partial charge in [-0.25, -0.2) is 4.98 Å². The number of hydrogen-bond donors (Lipinski definition) is 1. The summed E-state index contributed by atoms with van der Waals surface area (Å²) in [6.45, 7) is 4.88. The van der Waals surface area contributed by atoms with Gasteiger partial charge >= 0.3 is 0 Å². The molecule has 2 rings (SSSR count). The van der Waals surface area contributed by atoms with Gasteiger partial charge in [-0.15, -0.1) is 0 Å². The molecule has 76 valence electrons. The van der Waals surface area contributed by atoms with Gasteiger partial charge in [-0.05, 0) is 41.5 Å². The molecular formula is C10H14BrN3. The zero-order valence-electron chi connectivity index (χ0n) is 8.20. The molecule has 0 unspecified atom stereocenters. The largest absolute Gasteiger partial charge is 0.356 e. The number of nitrogens with two attached hydrogens (primary N) is 1. The Labute approximate surface area is 92.4 Å². The minimum atomic E-state index is 0.653. The Morgan fingerprint density at radius 3 is 2.86 bits per heavy atom. The van der Waals surface area contributed by atoms with Crippen LogP contribution in [0.1, 0.15) is 5.69 Å². The van der Waals surface area contributed by atoms with E-state index in [2.05, 4.69) is 25.8 Å². The Morgan fingerprint density at radius 2 is 2.29 bits per heavy atom. The van der Waals surface area contributed by atoms with Crippen LogP contribution in [0, 0.1) is 12.8 Å². The standard InChI is InChI=1S/C10H14BrN3/c1-7-9(11)2-3-10(13-7)14-5-8(4-12)6-14/h2-3,8H,4-6,12H2,1H3. The molecule has 0 aromatic carbocycles. The van der Waals surface area contributed by atoms with Crippen molar-refractivity contribution in [3.8, 4) is 0 Å². The first-order valence-corrected chi connectivity index (χ1v) is 5.58. The van der Waals surface area contributed by atoms with Crippen molar-refractivity contribution in [2.75, 3.05) is 24.5 Å². The average molecular weight is 256 g/mol. The molecule has 0 atom stereocenters. The molecule has 0 bridgehead atoms. The van der Waals surface area contributed by atoms with E-state index in [4.69, 9.17) is 5.73 Å². The molecule has 0 saturated carbocycles. The molecule has 1 aromatic heterocycles. The summed E-state index contributed by atoms with van der Waals surface area (Å²) < 4.78 is 1.07. The molecule has 2 heterocycles. The van der Waals surface area contributed by atoms with Crippen LogP contribution in [0.4, 0.5) is 5.82 Å². The number of aromatic nitrogens is 1. The molecular weight excluding hydrogens is 242 g/mol. The molecule has 14 heavy (non-hydrogen) atoms. The second-order valence-electron chi connectivity index (χ2n) is 3.74. The van der Waals surface area contributed by atoms with Crippen molar-refractivity contribution in [3.05, 3.63) is 22.3 Å². The molecule has 1 fully saturated rings. The first-order valence-electron chi connectivity index (χ1n) is 4.79. The second kappa shape index (κ2) is 3.87. The van der Waals surface area contributed by atoms with Crippen LogP contribution in [-0.2, 0) is 0 Å². The molecule has 1 aliphatic rings. The SMILES string of the molecule is Cc1nc(N2CC(CN)C2)ccc1Br. The highest BCUT2D eigenvalue weighted by molar-refractivity contribution is 9.10. The maximum Gasteiger partial charge on any atom is 0.128 e. The second-order valence-corrected chi connectivity index (χ2v) is 4.60. The number of aryl methyl sites for hydroxylation is 1. The van der Waals surface area contributed by atoms with Gasteiger partial charge in [0.1, 0.15) is 5.82 Å². The smallest absolute Gasteiger partial charge is 0.128 e. The fraction of sp³-hybridized carbons (Fsp3) is 0.500. The molecule has 1 aromatic rings. The van der Waals surface area contributed by atoms with E-state index in [0.29, 0.717) is 5.92 Å². The van der Waals surface area contributed by atoms with Crippen LogP contribution < -0.4 is 10.6 Å². The van der Waals surface area contributed by atoms with E-state index in [1.165, 1.54) is 0 Å². The van der Waals surface area contributed by atoms with E-state index in [9.17, 15) is 0 Å². The summed E-state index contributed by atoms with van der Waals surface area (Å²) in [7, 11) is 0. The first-order chi connectivity index (χ1) is 6.70. The topological polar surface area (TPSA) is 42.2 Å². The van der Waals surface area contributed by atoms with Crippen LogP contribution in [0.3, 0.4) is 0 Å². The molecule has 1 aliphatic heterocycles. The van der Waals surface area contributed by atoms with Crippen molar-refractivity contribution in [2.24, 2.45) is 11.7 Å². The molecule has 0 amide bonds. The van der Waals surface area contributed by atoms with Gasteiger partial charge in [0.15, 0.2) is 0 Å². The van der Waals surface area contributed by atoms with Crippen LogP contribution in [0.25, 0.3) is 0 Å². The highest BCUT2D eigenvalue weighted by Crippen LogP contribution is 2.24. The summed E-state index contributed by atoms with van der Waals surface area (Å²) in [6.07, 6.45) is 0. The maximum atomic E-state index is 5.57. The monoisotopic (exact) mass is 255 g/mol. The van der Waals surface area contributed by atoms with Gasteiger partial charge in [-0.2, -0.15) is 0 Å². The quantitative estimate of drug-likeness (QED) is 0.872. The molecule has 1 saturated heterocycles. The lowest BCUT2D eigenvalue weighted by Gasteiger charge is -2.39. The molecule has 0 radical (unpaired) electrons. The minimum absolute atomic E-state index is 0.653. The van der Waals surface area contributed by atoms with E-state index in [1.54, 1.807) is 0 Å². The summed E-state index contributed by atoms with van der Waals surface area (Å²) in [4.78, 5) is 6.76. The summed E-state index contributed by atoms with van der Waals surface area (Å²) >= 11 is 3.44. The third kappa shape index (κ3) is 1.77. The Hall–Kier alpha value is -0.610. The molecule has 2 N–H and O–H groups in total. The Kier molecular flexibility index (Phi) is 2.74. The minimum Gasteiger partial charge on any atom is -0.356 e. The van der Waals surface area contributed by atoms with Gasteiger partial charge in [-0.1, -0.05) is 0 Å². The Balaban J connectivity index is 2.08. The predicted molar refractivity (Wildman–Crippen MR) is 61.4 cm³/mol. The van der Waals surface area contributed by atoms with Gasteiger partial charge in [0.05, 0.1) is 5.69 Å². The van der Waals surface area contributed by atoms with Crippen molar-refractivity contribution in [3.63, 3.8) is 0 Å². The normalized spacial score (nSPS) is 16.9. The van der Waals surface area contributed by atoms with Gasteiger partial charge in [0, 0.05) is 23.5 Å². The van der Waals surface area contributed by atoms with Crippen LogP contribution >= 0.6 is 15.9 Å². The zero-order chi connectivity index (χ0) is 10.1. The fourth-order valence-electron chi connectivity index (χ4n) is 1.61. The van der Waals surface area contributed by atoms with E-state index < -0.39 is 0 Å². The van der Waals surface area contributed by atoms with Crippen LogP contribution in [0.5, 0.6) is 0 Å². The maximum absolute atomic E-state index is 5.57. The number of hydrogen-bond acceptors (Lipinski definition) is 3. The van der Waals surface area contributed by atoms with E-state index >= 15 is 0 Å². The number of pyridine rings is 1. The highest BCUT2D eigenvalue weighted by atomic mass is 79.9. The van der Waals surface area contributed by atoms with Gasteiger partial charge < -0.3 is 10.6 Å². The van der Waals surface area contributed by atoms with Gasteiger partial charge in [0.2, 0.25) is 0 Å². The Morgan fingerprint density at radius 1 is 1.57 bits per heavy atom. The van der Waals surface area contributed by atoms with Crippen molar-refractivity contribution in [2.45, 2.75) is 6.92 Å². The fourth-order valence-corrected chi connectivity index (χ4v) is 1.83. The third-order valence-electron chi connectivity index (χ3n) is 2.62. The van der Waals surface area contributed by atoms with Gasteiger partial charge in [-0.3, -0.25) is 0 Å². The van der Waals surface area contributed by atoms with Crippen molar-refractivity contribution >= 4 is 21.7 Å². The van der Waals surface area contributed by atoms with E-state index in [1.807, 2.05) is 19.1 Å². The first kappa shape index (κ1) is 9.93. The average Bonchev–Trinajstić information content (AvgIpc) is 2.09. The van der Waals surface area contributed by atoms with Crippen molar-refractivity contribution in [1.29, 1.82) is 0 Å². The molecule has 4 heteroatoms. The molecule has 0 aliphatic carbocycles.